The molecule has 3 rings (SSSR count). The lowest BCUT2D eigenvalue weighted by Crippen LogP contribution is -2.46. The number of fused-ring (bicyclic) bond motifs is 1. The molecule has 0 radical (unpaired) electrons. The van der Waals surface area contributed by atoms with Gasteiger partial charge in [-0.2, -0.15) is 0 Å². The van der Waals surface area contributed by atoms with Crippen molar-refractivity contribution in [2.24, 2.45) is 0 Å². The molecule has 0 bridgehead atoms. The highest BCUT2D eigenvalue weighted by molar-refractivity contribution is 5.89. The molecule has 1 atom stereocenters. The van der Waals surface area contributed by atoms with E-state index in [0.717, 1.165) is 41.3 Å². The molecule has 4 nitrogen and oxygen atoms in total. The number of methoxy groups -OCH3 is 1. The lowest BCUT2D eigenvalue weighted by atomic mass is 9.72. The molecule has 1 aliphatic rings. The molecule has 4 heteroatoms. The lowest BCUT2D eigenvalue weighted by Gasteiger charge is -2.39. The summed E-state index contributed by atoms with van der Waals surface area (Å²) in [7, 11) is 5.17. The van der Waals surface area contributed by atoms with E-state index in [1.807, 2.05) is 36.4 Å². The molecule has 0 aliphatic heterocycles. The summed E-state index contributed by atoms with van der Waals surface area (Å²) < 4.78 is 5.28. The van der Waals surface area contributed by atoms with E-state index in [9.17, 15) is 9.90 Å². The maximum atomic E-state index is 12.9. The third-order valence-corrected chi connectivity index (χ3v) is 5.35. The van der Waals surface area contributed by atoms with Gasteiger partial charge in [0.1, 0.15) is 5.75 Å². The normalized spacial score (nSPS) is 17.9. The minimum absolute atomic E-state index is 0.0303. The van der Waals surface area contributed by atoms with E-state index in [0.29, 0.717) is 12.8 Å². The van der Waals surface area contributed by atoms with Gasteiger partial charge in [0.05, 0.1) is 18.6 Å². The fourth-order valence-corrected chi connectivity index (χ4v) is 3.94. The van der Waals surface area contributed by atoms with Crippen LogP contribution in [0.5, 0.6) is 5.75 Å². The number of carbonyl (C=O) groups is 1. The van der Waals surface area contributed by atoms with Gasteiger partial charge in [0.15, 0.2) is 0 Å². The quantitative estimate of drug-likeness (QED) is 0.922. The van der Waals surface area contributed by atoms with Crippen molar-refractivity contribution in [2.75, 3.05) is 21.2 Å². The monoisotopic (exact) mass is 341 g/mol. The molecule has 1 N–H and O–H groups in total. The fourth-order valence-electron chi connectivity index (χ4n) is 3.94. The van der Waals surface area contributed by atoms with E-state index in [4.69, 9.17) is 4.74 Å². The predicted molar refractivity (Wildman–Crippen MR) is 100.0 cm³/mol. The number of likely N-dealkylation sites (N-methyl/N-ethyl adjacent to an activating group) is 1. The summed E-state index contributed by atoms with van der Waals surface area (Å²) in [5, 5.41) is 13.4. The van der Waals surface area contributed by atoms with Crippen LogP contribution in [0.4, 0.5) is 0 Å². The van der Waals surface area contributed by atoms with Crippen molar-refractivity contribution in [1.82, 2.24) is 4.90 Å². The summed E-state index contributed by atoms with van der Waals surface area (Å²) >= 11 is 0. The van der Waals surface area contributed by atoms with E-state index in [1.54, 1.807) is 26.1 Å². The minimum Gasteiger partial charge on any atom is -0.497 e. The van der Waals surface area contributed by atoms with Crippen LogP contribution in [0.2, 0.25) is 0 Å². The highest BCUT2D eigenvalue weighted by Crippen LogP contribution is 2.41. The maximum absolute atomic E-state index is 12.9. The van der Waals surface area contributed by atoms with E-state index in [2.05, 4.69) is 0 Å². The average molecular weight is 341 g/mol. The van der Waals surface area contributed by atoms with Crippen molar-refractivity contribution < 1.29 is 14.6 Å². The third kappa shape index (κ3) is 3.49. The van der Waals surface area contributed by atoms with Crippen LogP contribution in [0.1, 0.15) is 43.6 Å². The maximum Gasteiger partial charge on any atom is 0.232 e. The zero-order valence-electron chi connectivity index (χ0n) is 15.3. The molecule has 1 saturated carbocycles. The number of rotatable bonds is 4. The van der Waals surface area contributed by atoms with E-state index in [-0.39, 0.29) is 5.91 Å². The van der Waals surface area contributed by atoms with Crippen molar-refractivity contribution >= 4 is 16.7 Å². The number of hydrogen-bond acceptors (Lipinski definition) is 3. The van der Waals surface area contributed by atoms with E-state index >= 15 is 0 Å². The van der Waals surface area contributed by atoms with Gasteiger partial charge >= 0.3 is 0 Å². The molecule has 2 aromatic carbocycles. The van der Waals surface area contributed by atoms with Gasteiger partial charge in [0, 0.05) is 14.1 Å². The van der Waals surface area contributed by atoms with E-state index < -0.39 is 11.5 Å². The van der Waals surface area contributed by atoms with Crippen molar-refractivity contribution in [2.45, 2.75) is 43.6 Å². The van der Waals surface area contributed by atoms with Crippen LogP contribution in [0, 0.1) is 0 Å². The average Bonchev–Trinajstić information content (AvgIpc) is 2.61. The first-order chi connectivity index (χ1) is 11.9. The van der Waals surface area contributed by atoms with Gasteiger partial charge in [-0.15, -0.1) is 0 Å². The highest BCUT2D eigenvalue weighted by atomic mass is 16.5. The Kier molecular flexibility index (Phi) is 5.00. The second-order valence-corrected chi connectivity index (χ2v) is 7.30. The largest absolute Gasteiger partial charge is 0.497 e. The third-order valence-electron chi connectivity index (χ3n) is 5.35. The Bertz CT molecular complexity index is 763. The standard InChI is InChI=1S/C21H27NO3/c1-22(2)20(23)19(21(24)11-5-4-6-12-21)17-8-7-16-14-18(25-3)10-9-15(16)13-17/h7-10,13-14,19,24H,4-6,11-12H2,1-3H3. The van der Waals surface area contributed by atoms with Gasteiger partial charge in [-0.25, -0.2) is 0 Å². The minimum atomic E-state index is -0.959. The molecule has 25 heavy (non-hydrogen) atoms. The number of amides is 1. The molecule has 1 amide bonds. The molecule has 0 spiro atoms. The zero-order chi connectivity index (χ0) is 18.0. The number of carbonyl (C=O) groups excluding carboxylic acids is 1. The molecule has 1 fully saturated rings. The molecule has 2 aromatic rings. The molecule has 1 aliphatic carbocycles. The van der Waals surface area contributed by atoms with Crippen LogP contribution in [-0.2, 0) is 4.79 Å². The van der Waals surface area contributed by atoms with Gasteiger partial charge in [-0.1, -0.05) is 43.5 Å². The Morgan fingerprint density at radius 1 is 1.08 bits per heavy atom. The summed E-state index contributed by atoms with van der Waals surface area (Å²) in [6.07, 6.45) is 4.43. The zero-order valence-corrected chi connectivity index (χ0v) is 15.3. The van der Waals surface area contributed by atoms with Gasteiger partial charge in [-0.3, -0.25) is 4.79 Å². The first-order valence-electron chi connectivity index (χ1n) is 8.96. The summed E-state index contributed by atoms with van der Waals surface area (Å²) in [6, 6.07) is 11.9. The van der Waals surface area contributed by atoms with E-state index in [1.165, 1.54) is 0 Å². The Balaban J connectivity index is 2.06. The van der Waals surface area contributed by atoms with Crippen molar-refractivity contribution in [3.05, 3.63) is 42.0 Å². The van der Waals surface area contributed by atoms with Crippen LogP contribution >= 0.6 is 0 Å². The number of benzene rings is 2. The Labute approximate surface area is 149 Å². The molecule has 0 heterocycles. The summed E-state index contributed by atoms with van der Waals surface area (Å²) in [6.45, 7) is 0. The molecule has 134 valence electrons. The number of nitrogens with zero attached hydrogens (tertiary/aromatic N) is 1. The second-order valence-electron chi connectivity index (χ2n) is 7.30. The van der Waals surface area contributed by atoms with Crippen molar-refractivity contribution in [1.29, 1.82) is 0 Å². The van der Waals surface area contributed by atoms with Gasteiger partial charge in [0.25, 0.3) is 0 Å². The van der Waals surface area contributed by atoms with Crippen LogP contribution in [0.25, 0.3) is 10.8 Å². The van der Waals surface area contributed by atoms with Gasteiger partial charge < -0.3 is 14.7 Å². The van der Waals surface area contributed by atoms with Crippen LogP contribution in [-0.4, -0.2) is 42.7 Å². The summed E-state index contributed by atoms with van der Waals surface area (Å²) in [5.74, 6) is 0.263. The molecule has 1 unspecified atom stereocenters. The number of hydrogen-bond donors (Lipinski definition) is 1. The number of aliphatic hydroxyl groups is 1. The molecule has 0 saturated heterocycles. The highest BCUT2D eigenvalue weighted by Gasteiger charge is 2.43. The first kappa shape index (κ1) is 17.7. The predicted octanol–water partition coefficient (Wildman–Crippen LogP) is 3.72. The van der Waals surface area contributed by atoms with Crippen LogP contribution < -0.4 is 4.74 Å². The van der Waals surface area contributed by atoms with Gasteiger partial charge in [0.2, 0.25) is 5.91 Å². The lowest BCUT2D eigenvalue weighted by molar-refractivity contribution is -0.139. The Morgan fingerprint density at radius 2 is 1.72 bits per heavy atom. The Hall–Kier alpha value is -2.07. The molecule has 0 aromatic heterocycles. The Morgan fingerprint density at radius 3 is 2.36 bits per heavy atom. The van der Waals surface area contributed by atoms with Gasteiger partial charge in [-0.05, 0) is 41.3 Å². The van der Waals surface area contributed by atoms with Crippen LogP contribution in [0.3, 0.4) is 0 Å². The fraction of sp³-hybridized carbons (Fsp3) is 0.476. The first-order valence-corrected chi connectivity index (χ1v) is 8.96. The topological polar surface area (TPSA) is 49.8 Å². The summed E-state index contributed by atoms with van der Waals surface area (Å²) in [4.78, 5) is 14.5. The SMILES string of the molecule is COc1ccc2cc(C(C(=O)N(C)C)C3(O)CCCCC3)ccc2c1. The molecular weight excluding hydrogens is 314 g/mol. The van der Waals surface area contributed by atoms with Crippen molar-refractivity contribution in [3.8, 4) is 5.75 Å². The summed E-state index contributed by atoms with van der Waals surface area (Å²) in [5.41, 5.74) is -0.0690. The number of ether oxygens (including phenoxy) is 1. The van der Waals surface area contributed by atoms with Crippen molar-refractivity contribution in [3.63, 3.8) is 0 Å². The second kappa shape index (κ2) is 7.04. The smallest absolute Gasteiger partial charge is 0.232 e. The van der Waals surface area contributed by atoms with Crippen LogP contribution in [0.15, 0.2) is 36.4 Å². The molecular formula is C21H27NO3.